The largest absolute Gasteiger partial charge is 0.444 e. The van der Waals surface area contributed by atoms with Crippen LogP contribution in [0, 0.1) is 5.41 Å². The van der Waals surface area contributed by atoms with Crippen LogP contribution in [0.1, 0.15) is 44.2 Å². The van der Waals surface area contributed by atoms with Gasteiger partial charge in [0, 0.05) is 24.5 Å². The number of piperidine rings is 1. The average Bonchev–Trinajstić information content (AvgIpc) is 2.84. The van der Waals surface area contributed by atoms with Gasteiger partial charge in [-0.05, 0) is 40.9 Å². The number of nitrogens with zero attached hydrogens (tertiary/aromatic N) is 1. The third-order valence-corrected chi connectivity index (χ3v) is 3.98. The molecule has 0 spiro atoms. The molecule has 1 aliphatic rings. The Kier molecular flexibility index (Phi) is 4.76. The monoisotopic (exact) mass is 356 g/mol. The minimum atomic E-state index is -0.351. The highest BCUT2D eigenvalue weighted by Crippen LogP contribution is 2.21. The highest BCUT2D eigenvalue weighted by atomic mass is 79.9. The van der Waals surface area contributed by atoms with Crippen molar-refractivity contribution in [1.82, 2.24) is 10.2 Å². The van der Waals surface area contributed by atoms with E-state index in [4.69, 9.17) is 4.42 Å². The standard InChI is InChI=1S/C15H21BrN2O3/c1-15(2,3)14(20)18-8-6-10(7-9-18)17-13(19)11-4-5-12(16)21-11/h4-5,10H,6-9H2,1-3H3,(H,17,19). The zero-order chi connectivity index (χ0) is 15.6. The number of amides is 2. The van der Waals surface area contributed by atoms with E-state index in [9.17, 15) is 9.59 Å². The Labute approximate surface area is 133 Å². The summed E-state index contributed by atoms with van der Waals surface area (Å²) in [7, 11) is 0. The van der Waals surface area contributed by atoms with Crippen LogP contribution < -0.4 is 5.32 Å². The van der Waals surface area contributed by atoms with Crippen LogP contribution in [-0.2, 0) is 4.79 Å². The quantitative estimate of drug-likeness (QED) is 0.885. The first-order chi connectivity index (χ1) is 9.77. The Morgan fingerprint density at radius 1 is 1.29 bits per heavy atom. The molecule has 0 saturated carbocycles. The maximum Gasteiger partial charge on any atom is 0.287 e. The molecule has 0 bridgehead atoms. The molecule has 1 aliphatic heterocycles. The molecule has 1 aromatic heterocycles. The van der Waals surface area contributed by atoms with Crippen LogP contribution in [-0.4, -0.2) is 35.8 Å². The lowest BCUT2D eigenvalue weighted by molar-refractivity contribution is -0.140. The van der Waals surface area contributed by atoms with E-state index >= 15 is 0 Å². The van der Waals surface area contributed by atoms with Crippen LogP contribution in [0.2, 0.25) is 0 Å². The van der Waals surface area contributed by atoms with Crippen molar-refractivity contribution in [3.05, 3.63) is 22.6 Å². The molecule has 0 atom stereocenters. The smallest absolute Gasteiger partial charge is 0.287 e. The lowest BCUT2D eigenvalue weighted by Gasteiger charge is -2.35. The number of hydrogen-bond acceptors (Lipinski definition) is 3. The Morgan fingerprint density at radius 2 is 1.90 bits per heavy atom. The maximum atomic E-state index is 12.2. The molecule has 0 unspecified atom stereocenters. The van der Waals surface area contributed by atoms with Crippen LogP contribution in [0.3, 0.4) is 0 Å². The first-order valence-electron chi connectivity index (χ1n) is 7.13. The second kappa shape index (κ2) is 6.22. The third kappa shape index (κ3) is 4.09. The topological polar surface area (TPSA) is 62.6 Å². The lowest BCUT2D eigenvalue weighted by Crippen LogP contribution is -2.49. The molecule has 0 aliphatic carbocycles. The van der Waals surface area contributed by atoms with Gasteiger partial charge in [-0.2, -0.15) is 0 Å². The average molecular weight is 357 g/mol. The Morgan fingerprint density at radius 3 is 2.38 bits per heavy atom. The molecule has 2 amide bonds. The highest BCUT2D eigenvalue weighted by molar-refractivity contribution is 9.10. The molecule has 0 radical (unpaired) electrons. The van der Waals surface area contributed by atoms with E-state index in [-0.39, 0.29) is 23.3 Å². The number of carbonyl (C=O) groups is 2. The van der Waals surface area contributed by atoms with Gasteiger partial charge < -0.3 is 14.6 Å². The molecule has 116 valence electrons. The van der Waals surface area contributed by atoms with Crippen molar-refractivity contribution in [3.63, 3.8) is 0 Å². The van der Waals surface area contributed by atoms with Gasteiger partial charge in [-0.3, -0.25) is 9.59 Å². The fourth-order valence-corrected chi connectivity index (χ4v) is 2.70. The molecule has 0 aromatic carbocycles. The van der Waals surface area contributed by atoms with Crippen LogP contribution in [0.25, 0.3) is 0 Å². The van der Waals surface area contributed by atoms with E-state index in [1.165, 1.54) is 0 Å². The molecule has 1 N–H and O–H groups in total. The van der Waals surface area contributed by atoms with Crippen molar-refractivity contribution in [1.29, 1.82) is 0 Å². The zero-order valence-corrected chi connectivity index (χ0v) is 14.2. The fourth-order valence-electron chi connectivity index (χ4n) is 2.39. The first kappa shape index (κ1) is 16.1. The molecule has 21 heavy (non-hydrogen) atoms. The van der Waals surface area contributed by atoms with E-state index in [0.29, 0.717) is 23.5 Å². The number of hydrogen-bond donors (Lipinski definition) is 1. The molecule has 1 aromatic rings. The summed E-state index contributed by atoms with van der Waals surface area (Å²) in [5.41, 5.74) is -0.351. The van der Waals surface area contributed by atoms with Gasteiger partial charge in [0.15, 0.2) is 10.4 Å². The van der Waals surface area contributed by atoms with Crippen LogP contribution in [0.5, 0.6) is 0 Å². The van der Waals surface area contributed by atoms with Gasteiger partial charge in [0.2, 0.25) is 5.91 Å². The summed E-state index contributed by atoms with van der Waals surface area (Å²) >= 11 is 3.18. The summed E-state index contributed by atoms with van der Waals surface area (Å²) in [6.07, 6.45) is 1.55. The Hall–Kier alpha value is -1.30. The van der Waals surface area contributed by atoms with Gasteiger partial charge in [-0.25, -0.2) is 0 Å². The number of likely N-dealkylation sites (tertiary alicyclic amines) is 1. The highest BCUT2D eigenvalue weighted by Gasteiger charge is 2.30. The first-order valence-corrected chi connectivity index (χ1v) is 7.92. The predicted octanol–water partition coefficient (Wildman–Crippen LogP) is 2.81. The number of halogens is 1. The molecular formula is C15H21BrN2O3. The van der Waals surface area contributed by atoms with E-state index in [2.05, 4.69) is 21.2 Å². The van der Waals surface area contributed by atoms with Crippen LogP contribution >= 0.6 is 15.9 Å². The van der Waals surface area contributed by atoms with Crippen molar-refractivity contribution in [2.45, 2.75) is 39.7 Å². The third-order valence-electron chi connectivity index (χ3n) is 3.56. The summed E-state index contributed by atoms with van der Waals surface area (Å²) in [6, 6.07) is 3.42. The molecular weight excluding hydrogens is 336 g/mol. The van der Waals surface area contributed by atoms with Crippen molar-refractivity contribution in [3.8, 4) is 0 Å². The zero-order valence-electron chi connectivity index (χ0n) is 12.6. The van der Waals surface area contributed by atoms with Gasteiger partial charge in [0.25, 0.3) is 5.91 Å². The number of carbonyl (C=O) groups excluding carboxylic acids is 2. The van der Waals surface area contributed by atoms with E-state index in [0.717, 1.165) is 12.8 Å². The second-order valence-corrected chi connectivity index (χ2v) is 7.18. The van der Waals surface area contributed by atoms with Gasteiger partial charge in [-0.15, -0.1) is 0 Å². The SMILES string of the molecule is CC(C)(C)C(=O)N1CCC(NC(=O)c2ccc(Br)o2)CC1. The summed E-state index contributed by atoms with van der Waals surface area (Å²) in [5.74, 6) is 0.263. The lowest BCUT2D eigenvalue weighted by atomic mass is 9.93. The molecule has 6 heteroatoms. The van der Waals surface area contributed by atoms with Crippen molar-refractivity contribution in [2.75, 3.05) is 13.1 Å². The van der Waals surface area contributed by atoms with Crippen molar-refractivity contribution < 1.29 is 14.0 Å². The molecule has 2 rings (SSSR count). The summed E-state index contributed by atoms with van der Waals surface area (Å²) in [6.45, 7) is 7.15. The van der Waals surface area contributed by atoms with Crippen LogP contribution in [0.15, 0.2) is 21.2 Å². The number of rotatable bonds is 2. The van der Waals surface area contributed by atoms with E-state index in [1.807, 2.05) is 25.7 Å². The number of furan rings is 1. The van der Waals surface area contributed by atoms with E-state index in [1.54, 1.807) is 12.1 Å². The molecule has 1 saturated heterocycles. The van der Waals surface area contributed by atoms with E-state index < -0.39 is 0 Å². The Balaban J connectivity index is 1.84. The fraction of sp³-hybridized carbons (Fsp3) is 0.600. The predicted molar refractivity (Wildman–Crippen MR) is 82.9 cm³/mol. The van der Waals surface area contributed by atoms with Gasteiger partial charge in [0.05, 0.1) is 0 Å². The van der Waals surface area contributed by atoms with Crippen LogP contribution in [0.4, 0.5) is 0 Å². The molecule has 1 fully saturated rings. The minimum absolute atomic E-state index is 0.0883. The summed E-state index contributed by atoms with van der Waals surface area (Å²) < 4.78 is 5.77. The molecule has 2 heterocycles. The Bertz CT molecular complexity index is 525. The molecule has 5 nitrogen and oxygen atoms in total. The number of nitrogens with one attached hydrogen (secondary N) is 1. The van der Waals surface area contributed by atoms with Gasteiger partial charge in [-0.1, -0.05) is 20.8 Å². The second-order valence-electron chi connectivity index (χ2n) is 6.39. The minimum Gasteiger partial charge on any atom is -0.444 e. The normalized spacial score (nSPS) is 16.9. The summed E-state index contributed by atoms with van der Waals surface area (Å²) in [5, 5.41) is 2.96. The van der Waals surface area contributed by atoms with Gasteiger partial charge in [0.1, 0.15) is 0 Å². The van der Waals surface area contributed by atoms with Crippen molar-refractivity contribution >= 4 is 27.7 Å². The van der Waals surface area contributed by atoms with Crippen molar-refractivity contribution in [2.24, 2.45) is 5.41 Å². The maximum absolute atomic E-state index is 12.2. The van der Waals surface area contributed by atoms with Gasteiger partial charge >= 0.3 is 0 Å². The summed E-state index contributed by atoms with van der Waals surface area (Å²) in [4.78, 5) is 26.1.